The van der Waals surface area contributed by atoms with Gasteiger partial charge in [-0.25, -0.2) is 9.79 Å². The number of carbonyl (C=O) groups excluding carboxylic acids is 2. The number of benzene rings is 2. The zero-order chi connectivity index (χ0) is 21.6. The standard InChI is InChI=1S/C22H24N4O5/c1-2-30-20(27)14-23-22(28)24-15-7-8-18-16(13-15)21(26-9-11-29-12-10-26)25-17-5-3-4-6-19(17)31-18/h3-8,13H,2,9-12,14H2,1H3,(H2,23,24,28). The number of nitrogens with one attached hydrogen (secondary N) is 2. The second-order valence-electron chi connectivity index (χ2n) is 6.93. The van der Waals surface area contributed by atoms with E-state index in [1.165, 1.54) is 0 Å². The van der Waals surface area contributed by atoms with E-state index in [0.29, 0.717) is 43.5 Å². The predicted octanol–water partition coefficient (Wildman–Crippen LogP) is 2.89. The van der Waals surface area contributed by atoms with Crippen molar-refractivity contribution in [2.24, 2.45) is 4.99 Å². The Hall–Kier alpha value is -3.59. The molecule has 9 heteroatoms. The van der Waals surface area contributed by atoms with E-state index in [0.717, 1.165) is 17.1 Å². The van der Waals surface area contributed by atoms with E-state index < -0.39 is 12.0 Å². The van der Waals surface area contributed by atoms with Gasteiger partial charge in [-0.1, -0.05) is 12.1 Å². The molecule has 1 fully saturated rings. The number of fused-ring (bicyclic) bond motifs is 2. The van der Waals surface area contributed by atoms with Crippen LogP contribution in [0.25, 0.3) is 0 Å². The van der Waals surface area contributed by atoms with Crippen LogP contribution in [0.2, 0.25) is 0 Å². The Morgan fingerprint density at radius 3 is 2.74 bits per heavy atom. The van der Waals surface area contributed by atoms with Crippen molar-refractivity contribution in [3.63, 3.8) is 0 Å². The highest BCUT2D eigenvalue weighted by Crippen LogP contribution is 2.39. The summed E-state index contributed by atoms with van der Waals surface area (Å²) in [6, 6.07) is 12.5. The Morgan fingerprint density at radius 2 is 1.94 bits per heavy atom. The van der Waals surface area contributed by atoms with Crippen LogP contribution in [0.4, 0.5) is 16.2 Å². The van der Waals surface area contributed by atoms with E-state index in [1.807, 2.05) is 30.3 Å². The molecule has 0 spiro atoms. The fraction of sp³-hybridized carbons (Fsp3) is 0.318. The Morgan fingerprint density at radius 1 is 1.13 bits per heavy atom. The average Bonchev–Trinajstić information content (AvgIpc) is 2.95. The molecule has 2 amide bonds. The molecule has 0 bridgehead atoms. The van der Waals surface area contributed by atoms with Gasteiger partial charge >= 0.3 is 12.0 Å². The molecule has 0 atom stereocenters. The van der Waals surface area contributed by atoms with Crippen molar-refractivity contribution in [2.45, 2.75) is 6.92 Å². The molecule has 162 valence electrons. The molecule has 2 heterocycles. The van der Waals surface area contributed by atoms with Crippen molar-refractivity contribution in [1.82, 2.24) is 10.2 Å². The summed E-state index contributed by atoms with van der Waals surface area (Å²) in [7, 11) is 0. The molecule has 1 saturated heterocycles. The Bertz CT molecular complexity index is 1000. The van der Waals surface area contributed by atoms with E-state index in [1.54, 1.807) is 19.1 Å². The summed E-state index contributed by atoms with van der Waals surface area (Å²) in [5.74, 6) is 1.58. The fourth-order valence-corrected chi connectivity index (χ4v) is 3.36. The summed E-state index contributed by atoms with van der Waals surface area (Å²) in [6.45, 7) is 4.41. The SMILES string of the molecule is CCOC(=O)CNC(=O)Nc1ccc2c(c1)C(N1CCOCC1)=Nc1ccccc1O2. The number of carbonyl (C=O) groups is 2. The molecule has 0 unspecified atom stereocenters. The molecule has 0 aromatic heterocycles. The Labute approximate surface area is 180 Å². The normalized spacial score (nSPS) is 14.9. The molecule has 31 heavy (non-hydrogen) atoms. The highest BCUT2D eigenvalue weighted by atomic mass is 16.5. The van der Waals surface area contributed by atoms with Gasteiger partial charge in [-0.2, -0.15) is 0 Å². The van der Waals surface area contributed by atoms with E-state index in [-0.39, 0.29) is 13.2 Å². The van der Waals surface area contributed by atoms with Gasteiger partial charge < -0.3 is 29.7 Å². The molecule has 0 aliphatic carbocycles. The largest absolute Gasteiger partial charge is 0.465 e. The minimum Gasteiger partial charge on any atom is -0.465 e. The van der Waals surface area contributed by atoms with Crippen LogP contribution >= 0.6 is 0 Å². The molecule has 4 rings (SSSR count). The third-order valence-electron chi connectivity index (χ3n) is 4.80. The third kappa shape index (κ3) is 4.95. The number of anilines is 1. The lowest BCUT2D eigenvalue weighted by Crippen LogP contribution is -2.41. The van der Waals surface area contributed by atoms with Gasteiger partial charge in [0.2, 0.25) is 0 Å². The first-order valence-corrected chi connectivity index (χ1v) is 10.2. The molecule has 2 aliphatic rings. The fourth-order valence-electron chi connectivity index (χ4n) is 3.36. The lowest BCUT2D eigenvalue weighted by molar-refractivity contribution is -0.141. The first-order valence-electron chi connectivity index (χ1n) is 10.2. The number of urea groups is 1. The van der Waals surface area contributed by atoms with Gasteiger partial charge in [0.05, 0.1) is 25.4 Å². The highest BCUT2D eigenvalue weighted by molar-refractivity contribution is 6.05. The van der Waals surface area contributed by atoms with E-state index >= 15 is 0 Å². The maximum atomic E-state index is 12.2. The van der Waals surface area contributed by atoms with Gasteiger partial charge in [-0.3, -0.25) is 4.79 Å². The monoisotopic (exact) mass is 424 g/mol. The molecule has 9 nitrogen and oxygen atoms in total. The van der Waals surface area contributed by atoms with Gasteiger partial charge in [-0.15, -0.1) is 0 Å². The summed E-state index contributed by atoms with van der Waals surface area (Å²) >= 11 is 0. The summed E-state index contributed by atoms with van der Waals surface area (Å²) in [4.78, 5) is 30.7. The molecular formula is C22H24N4O5. The number of morpholine rings is 1. The van der Waals surface area contributed by atoms with Crippen LogP contribution < -0.4 is 15.4 Å². The minimum absolute atomic E-state index is 0.205. The summed E-state index contributed by atoms with van der Waals surface area (Å²) < 4.78 is 16.4. The number of aliphatic imine (C=N–C) groups is 1. The van der Waals surface area contributed by atoms with Crippen molar-refractivity contribution in [1.29, 1.82) is 0 Å². The summed E-state index contributed by atoms with van der Waals surface area (Å²) in [6.07, 6.45) is 0. The first-order chi connectivity index (χ1) is 15.1. The Kier molecular flexibility index (Phi) is 6.32. The van der Waals surface area contributed by atoms with Gasteiger partial charge in [0.25, 0.3) is 0 Å². The number of para-hydroxylation sites is 2. The number of esters is 1. The number of amides is 2. The number of ether oxygens (including phenoxy) is 3. The van der Waals surface area contributed by atoms with Crippen LogP contribution in [0.3, 0.4) is 0 Å². The second-order valence-corrected chi connectivity index (χ2v) is 6.93. The molecule has 2 aromatic rings. The number of nitrogens with zero attached hydrogens (tertiary/aromatic N) is 2. The van der Waals surface area contributed by atoms with E-state index in [2.05, 4.69) is 15.5 Å². The number of hydrogen-bond acceptors (Lipinski definition) is 7. The zero-order valence-corrected chi connectivity index (χ0v) is 17.2. The maximum Gasteiger partial charge on any atom is 0.325 e. The van der Waals surface area contributed by atoms with Crippen LogP contribution in [0.1, 0.15) is 12.5 Å². The van der Waals surface area contributed by atoms with Crippen LogP contribution in [0.15, 0.2) is 47.5 Å². The van der Waals surface area contributed by atoms with Gasteiger partial charge in [-0.05, 0) is 37.3 Å². The lowest BCUT2D eigenvalue weighted by atomic mass is 10.1. The van der Waals surface area contributed by atoms with Crippen molar-refractivity contribution < 1.29 is 23.8 Å². The lowest BCUT2D eigenvalue weighted by Gasteiger charge is -2.30. The van der Waals surface area contributed by atoms with Crippen molar-refractivity contribution in [3.8, 4) is 11.5 Å². The quantitative estimate of drug-likeness (QED) is 0.732. The van der Waals surface area contributed by atoms with E-state index in [9.17, 15) is 9.59 Å². The average molecular weight is 424 g/mol. The molecule has 0 radical (unpaired) electrons. The molecular weight excluding hydrogens is 400 g/mol. The van der Waals surface area contributed by atoms with E-state index in [4.69, 9.17) is 19.2 Å². The maximum absolute atomic E-state index is 12.2. The van der Waals surface area contributed by atoms with Gasteiger partial charge in [0.15, 0.2) is 5.75 Å². The van der Waals surface area contributed by atoms with Crippen LogP contribution in [-0.4, -0.2) is 62.2 Å². The molecule has 2 aliphatic heterocycles. The Balaban J connectivity index is 1.60. The van der Waals surface area contributed by atoms with Crippen LogP contribution in [-0.2, 0) is 14.3 Å². The number of hydrogen-bond donors (Lipinski definition) is 2. The minimum atomic E-state index is -0.504. The highest BCUT2D eigenvalue weighted by Gasteiger charge is 2.24. The van der Waals surface area contributed by atoms with Crippen molar-refractivity contribution in [3.05, 3.63) is 48.0 Å². The smallest absolute Gasteiger partial charge is 0.325 e. The zero-order valence-electron chi connectivity index (χ0n) is 17.2. The predicted molar refractivity (Wildman–Crippen MR) is 115 cm³/mol. The second kappa shape index (κ2) is 9.48. The van der Waals surface area contributed by atoms with Gasteiger partial charge in [0.1, 0.15) is 23.8 Å². The third-order valence-corrected chi connectivity index (χ3v) is 4.80. The topological polar surface area (TPSA) is 101 Å². The molecule has 2 aromatic carbocycles. The molecule has 2 N–H and O–H groups in total. The van der Waals surface area contributed by atoms with Crippen molar-refractivity contribution in [2.75, 3.05) is 44.8 Å². The van der Waals surface area contributed by atoms with Crippen LogP contribution in [0.5, 0.6) is 11.5 Å². The first kappa shape index (κ1) is 20.7. The number of amidine groups is 1. The van der Waals surface area contributed by atoms with Crippen molar-refractivity contribution >= 4 is 29.2 Å². The number of rotatable bonds is 4. The summed E-state index contributed by atoms with van der Waals surface area (Å²) in [5.41, 5.74) is 2.05. The summed E-state index contributed by atoms with van der Waals surface area (Å²) in [5, 5.41) is 5.23. The van der Waals surface area contributed by atoms with Crippen LogP contribution in [0, 0.1) is 0 Å². The van der Waals surface area contributed by atoms with Gasteiger partial charge in [0, 0.05) is 18.8 Å². The molecule has 0 saturated carbocycles.